The average Bonchev–Trinajstić information content (AvgIpc) is 3.25. The minimum atomic E-state index is -3.75. The first-order chi connectivity index (χ1) is 18.4. The zero-order valence-corrected chi connectivity index (χ0v) is 23.3. The lowest BCUT2D eigenvalue weighted by Crippen LogP contribution is -2.40. The normalized spacial score (nSPS) is 15.7. The summed E-state index contributed by atoms with van der Waals surface area (Å²) in [6.45, 7) is 1.15. The van der Waals surface area contributed by atoms with Crippen molar-refractivity contribution in [2.45, 2.75) is 57.6 Å². The van der Waals surface area contributed by atoms with E-state index in [1.165, 1.54) is 22.9 Å². The van der Waals surface area contributed by atoms with Crippen molar-refractivity contribution in [3.8, 4) is 22.7 Å². The number of nitrogens with one attached hydrogen (secondary N) is 1. The van der Waals surface area contributed by atoms with Crippen molar-refractivity contribution in [1.82, 2.24) is 15.1 Å². The molecule has 0 radical (unpaired) electrons. The van der Waals surface area contributed by atoms with E-state index in [1.807, 2.05) is 0 Å². The van der Waals surface area contributed by atoms with Gasteiger partial charge < -0.3 is 14.6 Å². The highest BCUT2D eigenvalue weighted by Crippen LogP contribution is 2.35. The Morgan fingerprint density at radius 3 is 2.44 bits per heavy atom. The van der Waals surface area contributed by atoms with Crippen molar-refractivity contribution in [3.05, 3.63) is 63.8 Å². The summed E-state index contributed by atoms with van der Waals surface area (Å²) in [5.41, 5.74) is 1.25. The van der Waals surface area contributed by atoms with Crippen LogP contribution in [0.1, 0.15) is 55.1 Å². The van der Waals surface area contributed by atoms with Crippen LogP contribution in [-0.2, 0) is 16.7 Å². The van der Waals surface area contributed by atoms with E-state index in [-0.39, 0.29) is 53.5 Å². The van der Waals surface area contributed by atoms with Crippen molar-refractivity contribution < 1.29 is 31.3 Å². The highest BCUT2D eigenvalue weighted by atomic mass is 35.5. The fraction of sp³-hybridized carbons (Fsp3) is 0.385. The average molecular weight is 602 g/mol. The molecular formula is C26H27Cl2F2N3O5S. The van der Waals surface area contributed by atoms with E-state index >= 15 is 0 Å². The minimum absolute atomic E-state index is 0.0956. The van der Waals surface area contributed by atoms with Crippen LogP contribution in [0.4, 0.5) is 8.78 Å². The second kappa shape index (κ2) is 11.8. The fourth-order valence-corrected chi connectivity index (χ4v) is 5.93. The summed E-state index contributed by atoms with van der Waals surface area (Å²) < 4.78 is 57.8. The molecule has 0 unspecified atom stereocenters. The van der Waals surface area contributed by atoms with Gasteiger partial charge in [-0.3, -0.25) is 4.79 Å². The highest BCUT2D eigenvalue weighted by Gasteiger charge is 2.36. The molecule has 1 heterocycles. The van der Waals surface area contributed by atoms with Gasteiger partial charge in [-0.2, -0.15) is 13.5 Å². The van der Waals surface area contributed by atoms with Gasteiger partial charge in [-0.25, -0.2) is 13.5 Å². The lowest BCUT2D eigenvalue weighted by molar-refractivity contribution is -0.0399. The molecule has 39 heavy (non-hydrogen) atoms. The number of amides is 1. The lowest BCUT2D eigenvalue weighted by atomic mass is 9.92. The molecule has 0 atom stereocenters. The topological polar surface area (TPSA) is 111 Å². The second-order valence-corrected chi connectivity index (χ2v) is 11.8. The summed E-state index contributed by atoms with van der Waals surface area (Å²) in [6.07, 6.45) is -0.0195. The lowest BCUT2D eigenvalue weighted by Gasteiger charge is -2.28. The zero-order chi connectivity index (χ0) is 28.4. The van der Waals surface area contributed by atoms with Crippen LogP contribution in [0.2, 0.25) is 10.0 Å². The van der Waals surface area contributed by atoms with Gasteiger partial charge in [0.1, 0.15) is 5.75 Å². The molecule has 0 bridgehead atoms. The van der Waals surface area contributed by atoms with Crippen LogP contribution in [0.25, 0.3) is 16.9 Å². The van der Waals surface area contributed by atoms with E-state index in [1.54, 1.807) is 31.2 Å². The maximum atomic E-state index is 13.6. The van der Waals surface area contributed by atoms with E-state index in [9.17, 15) is 27.1 Å². The van der Waals surface area contributed by atoms with Gasteiger partial charge in [-0.15, -0.1) is 0 Å². The molecule has 1 aliphatic rings. The van der Waals surface area contributed by atoms with Crippen LogP contribution >= 0.6 is 23.2 Å². The van der Waals surface area contributed by atoms with E-state index < -0.39 is 34.6 Å². The van der Waals surface area contributed by atoms with E-state index in [0.717, 1.165) is 0 Å². The Morgan fingerprint density at radius 1 is 1.18 bits per heavy atom. The number of hydrogen-bond acceptors (Lipinski definition) is 6. The predicted octanol–water partition coefficient (Wildman–Crippen LogP) is 5.76. The van der Waals surface area contributed by atoms with Crippen molar-refractivity contribution in [1.29, 1.82) is 0 Å². The van der Waals surface area contributed by atoms with Gasteiger partial charge >= 0.3 is 10.1 Å². The number of benzene rings is 2. The van der Waals surface area contributed by atoms with Gasteiger partial charge in [0.05, 0.1) is 28.8 Å². The monoisotopic (exact) mass is 601 g/mol. The molecular weight excluding hydrogens is 575 g/mol. The Kier molecular flexibility index (Phi) is 8.85. The number of nitrogens with zero attached hydrogens (tertiary/aromatic N) is 2. The first-order valence-corrected chi connectivity index (χ1v) is 14.7. The third-order valence-corrected chi connectivity index (χ3v) is 8.24. The molecule has 4 rings (SSSR count). The molecule has 1 aliphatic carbocycles. The third kappa shape index (κ3) is 6.89. The zero-order valence-electron chi connectivity index (χ0n) is 21.0. The smallest absolute Gasteiger partial charge is 0.309 e. The minimum Gasteiger partial charge on any atom is -0.392 e. The predicted molar refractivity (Wildman–Crippen MR) is 144 cm³/mol. The Balaban J connectivity index is 1.75. The summed E-state index contributed by atoms with van der Waals surface area (Å²) in [5, 5.41) is 18.2. The number of rotatable bonds is 9. The number of aromatic nitrogens is 2. The molecule has 0 saturated heterocycles. The molecule has 0 spiro atoms. The number of carbonyl (C=O) groups is 1. The van der Waals surface area contributed by atoms with E-state index in [2.05, 4.69) is 10.4 Å². The van der Waals surface area contributed by atoms with Crippen LogP contribution < -0.4 is 9.50 Å². The van der Waals surface area contributed by atoms with Crippen molar-refractivity contribution in [3.63, 3.8) is 0 Å². The maximum Gasteiger partial charge on any atom is 0.309 e. The summed E-state index contributed by atoms with van der Waals surface area (Å²) in [4.78, 5) is 13.3. The molecule has 2 N–H and O–H groups in total. The molecule has 1 amide bonds. The van der Waals surface area contributed by atoms with Crippen molar-refractivity contribution >= 4 is 39.2 Å². The van der Waals surface area contributed by atoms with Crippen LogP contribution in [0.3, 0.4) is 0 Å². The van der Waals surface area contributed by atoms with Crippen LogP contribution in [0, 0.1) is 0 Å². The van der Waals surface area contributed by atoms with Crippen molar-refractivity contribution in [2.75, 3.05) is 5.75 Å². The number of carbonyl (C=O) groups excluding carboxylic acids is 1. The molecule has 8 nitrogen and oxygen atoms in total. The molecule has 13 heteroatoms. The Morgan fingerprint density at radius 2 is 1.85 bits per heavy atom. The summed E-state index contributed by atoms with van der Waals surface area (Å²) in [7, 11) is -3.75. The Bertz CT molecular complexity index is 1450. The molecule has 1 saturated carbocycles. The number of halogens is 4. The van der Waals surface area contributed by atoms with E-state index in [0.29, 0.717) is 28.4 Å². The number of hydrogen-bond donors (Lipinski definition) is 2. The van der Waals surface area contributed by atoms with Gasteiger partial charge in [0.2, 0.25) is 5.92 Å². The highest BCUT2D eigenvalue weighted by molar-refractivity contribution is 7.87. The fourth-order valence-electron chi connectivity index (χ4n) is 4.45. The first-order valence-electron chi connectivity index (χ1n) is 12.3. The maximum absolute atomic E-state index is 13.6. The van der Waals surface area contributed by atoms with Crippen LogP contribution in [-0.4, -0.2) is 46.9 Å². The van der Waals surface area contributed by atoms with Crippen LogP contribution in [0.15, 0.2) is 42.5 Å². The molecule has 1 aromatic heterocycles. The third-order valence-electron chi connectivity index (χ3n) is 6.35. The van der Waals surface area contributed by atoms with Gasteiger partial charge in [-0.1, -0.05) is 30.1 Å². The SMILES string of the molecule is CCCS(=O)(=O)Oc1ccc(-c2c(CO)c(C(=O)NC3CCC(F)(F)CC3)nn2-c2ccc(Cl)cc2Cl)cc1. The van der Waals surface area contributed by atoms with Gasteiger partial charge in [0.15, 0.2) is 5.69 Å². The largest absolute Gasteiger partial charge is 0.392 e. The Labute approximate surface area is 235 Å². The van der Waals surface area contributed by atoms with Gasteiger partial charge in [0.25, 0.3) is 5.91 Å². The van der Waals surface area contributed by atoms with Gasteiger partial charge in [-0.05, 0) is 61.7 Å². The number of alkyl halides is 2. The molecule has 210 valence electrons. The summed E-state index contributed by atoms with van der Waals surface area (Å²) in [6, 6.07) is 10.3. The standard InChI is InChI=1S/C26H27Cl2F2N3O5S/c1-2-13-39(36,37)38-19-6-3-16(4-7-19)24-20(15-34)23(25(35)31-18-9-11-26(29,30)12-10-18)32-33(24)22-8-5-17(27)14-21(22)28/h3-8,14,18,34H,2,9-13,15H2,1H3,(H,31,35). The molecule has 3 aromatic rings. The first kappa shape index (κ1) is 29.3. The second-order valence-electron chi connectivity index (χ2n) is 9.31. The molecule has 2 aromatic carbocycles. The summed E-state index contributed by atoms with van der Waals surface area (Å²) >= 11 is 12.5. The summed E-state index contributed by atoms with van der Waals surface area (Å²) in [5.74, 6) is -3.41. The molecule has 1 fully saturated rings. The Hall–Kier alpha value is -2.73. The van der Waals surface area contributed by atoms with Gasteiger partial charge in [0, 0.05) is 35.0 Å². The number of aliphatic hydroxyl groups excluding tert-OH is 1. The van der Waals surface area contributed by atoms with E-state index in [4.69, 9.17) is 27.4 Å². The van der Waals surface area contributed by atoms with Crippen molar-refractivity contribution in [2.24, 2.45) is 0 Å². The quantitative estimate of drug-likeness (QED) is 0.301. The van der Waals surface area contributed by atoms with Crippen LogP contribution in [0.5, 0.6) is 5.75 Å². The number of aliphatic hydroxyl groups is 1. The molecule has 0 aliphatic heterocycles.